The molecule has 0 aromatic heterocycles. The summed E-state index contributed by atoms with van der Waals surface area (Å²) in [5, 5.41) is 3.65. The number of amides is 1. The van der Waals surface area contributed by atoms with Gasteiger partial charge < -0.3 is 5.32 Å². The zero-order chi connectivity index (χ0) is 23.3. The van der Waals surface area contributed by atoms with Crippen LogP contribution in [0.15, 0.2) is 83.8 Å². The van der Waals surface area contributed by atoms with Crippen molar-refractivity contribution in [2.75, 3.05) is 23.1 Å². The molecule has 2 N–H and O–H groups in total. The third-order valence-corrected chi connectivity index (χ3v) is 7.34. The van der Waals surface area contributed by atoms with E-state index in [-0.39, 0.29) is 16.7 Å². The number of hydrogen-bond acceptors (Lipinski definition) is 4. The Bertz CT molecular complexity index is 1190. The number of carbonyl (C=O) groups excluding carboxylic acids is 1. The average Bonchev–Trinajstić information content (AvgIpc) is 2.80. The molecule has 3 aromatic carbocycles. The first-order valence-electron chi connectivity index (χ1n) is 10.8. The van der Waals surface area contributed by atoms with Crippen LogP contribution in [0.4, 0.5) is 11.4 Å². The summed E-state index contributed by atoms with van der Waals surface area (Å²) in [5.74, 6) is -0.0980. The molecule has 0 radical (unpaired) electrons. The number of anilines is 2. The van der Waals surface area contributed by atoms with E-state index in [1.54, 1.807) is 36.4 Å². The SMILES string of the molecule is O=C(Nc1ccc(S(=O)(=O)Nc2ccccc2)cc1)C1CCN(Cc2cccc(Cl)c2)CC1. The smallest absolute Gasteiger partial charge is 0.261 e. The van der Waals surface area contributed by atoms with E-state index < -0.39 is 10.0 Å². The summed E-state index contributed by atoms with van der Waals surface area (Å²) in [7, 11) is -3.69. The summed E-state index contributed by atoms with van der Waals surface area (Å²) in [6.45, 7) is 2.50. The van der Waals surface area contributed by atoms with Gasteiger partial charge in [-0.25, -0.2) is 8.42 Å². The van der Waals surface area contributed by atoms with E-state index in [9.17, 15) is 13.2 Å². The number of halogens is 1. The van der Waals surface area contributed by atoms with Crippen molar-refractivity contribution in [1.29, 1.82) is 0 Å². The van der Waals surface area contributed by atoms with Crippen molar-refractivity contribution in [1.82, 2.24) is 4.90 Å². The minimum absolute atomic E-state index is 0.0320. The Morgan fingerprint density at radius 3 is 2.27 bits per heavy atom. The summed E-state index contributed by atoms with van der Waals surface area (Å²) in [6, 6.07) is 22.8. The van der Waals surface area contributed by atoms with Crippen molar-refractivity contribution in [3.63, 3.8) is 0 Å². The molecule has 0 atom stereocenters. The van der Waals surface area contributed by atoms with Crippen molar-refractivity contribution in [2.24, 2.45) is 5.92 Å². The van der Waals surface area contributed by atoms with Gasteiger partial charge in [0.15, 0.2) is 0 Å². The molecule has 1 aliphatic heterocycles. The quantitative estimate of drug-likeness (QED) is 0.496. The van der Waals surface area contributed by atoms with Crippen molar-refractivity contribution in [2.45, 2.75) is 24.3 Å². The standard InChI is InChI=1S/C25H26ClN3O3S/c26-21-6-4-5-19(17-21)18-29-15-13-20(14-16-29)25(30)27-22-9-11-24(12-10-22)33(31,32)28-23-7-2-1-3-8-23/h1-12,17,20,28H,13-16,18H2,(H,27,30). The average molecular weight is 484 g/mol. The molecular formula is C25H26ClN3O3S. The zero-order valence-electron chi connectivity index (χ0n) is 18.1. The Morgan fingerprint density at radius 1 is 0.909 bits per heavy atom. The predicted octanol–water partition coefficient (Wildman–Crippen LogP) is 4.99. The summed E-state index contributed by atoms with van der Waals surface area (Å²) in [4.78, 5) is 15.2. The van der Waals surface area contributed by atoms with Crippen molar-refractivity contribution in [3.05, 3.63) is 89.4 Å². The van der Waals surface area contributed by atoms with Crippen LogP contribution in [0.3, 0.4) is 0 Å². The molecule has 6 nitrogen and oxygen atoms in total. The highest BCUT2D eigenvalue weighted by Crippen LogP contribution is 2.23. The maximum atomic E-state index is 12.7. The Balaban J connectivity index is 1.29. The van der Waals surface area contributed by atoms with Crippen LogP contribution in [0.2, 0.25) is 5.02 Å². The van der Waals surface area contributed by atoms with Gasteiger partial charge in [0.2, 0.25) is 5.91 Å². The lowest BCUT2D eigenvalue weighted by Crippen LogP contribution is -2.37. The second-order valence-corrected chi connectivity index (χ2v) is 10.3. The largest absolute Gasteiger partial charge is 0.326 e. The Kier molecular flexibility index (Phi) is 7.33. The highest BCUT2D eigenvalue weighted by Gasteiger charge is 2.25. The summed E-state index contributed by atoms with van der Waals surface area (Å²) in [5.41, 5.74) is 2.25. The molecule has 1 fully saturated rings. The van der Waals surface area contributed by atoms with Crippen LogP contribution >= 0.6 is 11.6 Å². The Morgan fingerprint density at radius 2 is 1.61 bits per heavy atom. The molecule has 33 heavy (non-hydrogen) atoms. The number of piperidine rings is 1. The van der Waals surface area contributed by atoms with Gasteiger partial charge in [0.05, 0.1) is 4.90 Å². The van der Waals surface area contributed by atoms with E-state index >= 15 is 0 Å². The molecule has 0 bridgehead atoms. The van der Waals surface area contributed by atoms with Crippen molar-refractivity contribution in [3.8, 4) is 0 Å². The highest BCUT2D eigenvalue weighted by atomic mass is 35.5. The van der Waals surface area contributed by atoms with Gasteiger partial charge in [-0.15, -0.1) is 0 Å². The van der Waals surface area contributed by atoms with Crippen LogP contribution in [-0.4, -0.2) is 32.3 Å². The van der Waals surface area contributed by atoms with E-state index in [0.29, 0.717) is 11.4 Å². The van der Waals surface area contributed by atoms with Crippen molar-refractivity contribution >= 4 is 38.9 Å². The third-order valence-electron chi connectivity index (χ3n) is 5.71. The number of hydrogen-bond donors (Lipinski definition) is 2. The second-order valence-electron chi connectivity index (χ2n) is 8.17. The fourth-order valence-corrected chi connectivity index (χ4v) is 5.20. The number of benzene rings is 3. The highest BCUT2D eigenvalue weighted by molar-refractivity contribution is 7.92. The van der Waals surface area contributed by atoms with Gasteiger partial charge in [-0.1, -0.05) is 41.9 Å². The molecule has 0 aliphatic carbocycles. The van der Waals surface area contributed by atoms with Crippen LogP contribution in [-0.2, 0) is 21.4 Å². The fraction of sp³-hybridized carbons (Fsp3) is 0.240. The fourth-order valence-electron chi connectivity index (χ4n) is 3.93. The van der Waals surface area contributed by atoms with E-state index in [2.05, 4.69) is 21.0 Å². The van der Waals surface area contributed by atoms with Crippen LogP contribution in [0.1, 0.15) is 18.4 Å². The third kappa shape index (κ3) is 6.35. The monoisotopic (exact) mass is 483 g/mol. The lowest BCUT2D eigenvalue weighted by molar-refractivity contribution is -0.121. The summed E-state index contributed by atoms with van der Waals surface area (Å²) >= 11 is 6.07. The molecule has 0 unspecified atom stereocenters. The molecule has 1 saturated heterocycles. The summed E-state index contributed by atoms with van der Waals surface area (Å²) < 4.78 is 27.6. The lowest BCUT2D eigenvalue weighted by atomic mass is 9.95. The van der Waals surface area contributed by atoms with Crippen molar-refractivity contribution < 1.29 is 13.2 Å². The Labute approximate surface area is 199 Å². The minimum atomic E-state index is -3.69. The lowest BCUT2D eigenvalue weighted by Gasteiger charge is -2.31. The number of nitrogens with zero attached hydrogens (tertiary/aromatic N) is 1. The van der Waals surface area contributed by atoms with Crippen LogP contribution < -0.4 is 10.0 Å². The number of sulfonamides is 1. The van der Waals surface area contributed by atoms with Crippen LogP contribution in [0.5, 0.6) is 0 Å². The molecule has 172 valence electrons. The first-order chi connectivity index (χ1) is 15.9. The molecule has 0 saturated carbocycles. The van der Waals surface area contributed by atoms with Gasteiger partial charge in [0.1, 0.15) is 0 Å². The van der Waals surface area contributed by atoms with E-state index in [0.717, 1.165) is 37.5 Å². The molecule has 0 spiro atoms. The van der Waals surface area contributed by atoms with Gasteiger partial charge in [-0.05, 0) is 80.0 Å². The minimum Gasteiger partial charge on any atom is -0.326 e. The zero-order valence-corrected chi connectivity index (χ0v) is 19.6. The van der Waals surface area contributed by atoms with Gasteiger partial charge in [-0.2, -0.15) is 0 Å². The van der Waals surface area contributed by atoms with Gasteiger partial charge in [0, 0.05) is 28.9 Å². The number of likely N-dealkylation sites (tertiary alicyclic amines) is 1. The first kappa shape index (κ1) is 23.3. The predicted molar refractivity (Wildman–Crippen MR) is 132 cm³/mol. The molecule has 1 heterocycles. The van der Waals surface area contributed by atoms with E-state index in [1.807, 2.05) is 24.3 Å². The number of para-hydroxylation sites is 1. The molecule has 1 aliphatic rings. The molecular weight excluding hydrogens is 458 g/mol. The normalized spacial score (nSPS) is 15.2. The number of carbonyl (C=O) groups is 1. The van der Waals surface area contributed by atoms with Gasteiger partial charge in [0.25, 0.3) is 10.0 Å². The molecule has 4 rings (SSSR count). The summed E-state index contributed by atoms with van der Waals surface area (Å²) in [6.07, 6.45) is 1.56. The molecule has 8 heteroatoms. The number of rotatable bonds is 7. The van der Waals surface area contributed by atoms with E-state index in [1.165, 1.54) is 17.7 Å². The maximum absolute atomic E-state index is 12.7. The Hall–Kier alpha value is -2.87. The molecule has 1 amide bonds. The topological polar surface area (TPSA) is 78.5 Å². The van der Waals surface area contributed by atoms with Gasteiger partial charge >= 0.3 is 0 Å². The van der Waals surface area contributed by atoms with Crippen LogP contribution in [0.25, 0.3) is 0 Å². The maximum Gasteiger partial charge on any atom is 0.261 e. The molecule has 3 aromatic rings. The first-order valence-corrected chi connectivity index (χ1v) is 12.7. The van der Waals surface area contributed by atoms with Crippen LogP contribution in [0, 0.1) is 5.92 Å². The van der Waals surface area contributed by atoms with E-state index in [4.69, 9.17) is 11.6 Å². The van der Waals surface area contributed by atoms with Gasteiger partial charge in [-0.3, -0.25) is 14.4 Å². The number of nitrogens with one attached hydrogen (secondary N) is 2. The second kappa shape index (κ2) is 10.4.